The molecule has 4 heteroatoms. The molecule has 1 aromatic carbocycles. The van der Waals surface area contributed by atoms with E-state index in [-0.39, 0.29) is 0 Å². The molecule has 0 bridgehead atoms. The Morgan fingerprint density at radius 2 is 2.06 bits per heavy atom. The van der Waals surface area contributed by atoms with Gasteiger partial charge in [0.2, 0.25) is 0 Å². The number of fused-ring (bicyclic) bond motifs is 1. The molecule has 0 amide bonds. The van der Waals surface area contributed by atoms with Crippen molar-refractivity contribution in [2.24, 2.45) is 7.05 Å². The van der Waals surface area contributed by atoms with E-state index in [1.807, 2.05) is 24.1 Å². The van der Waals surface area contributed by atoms with Crippen molar-refractivity contribution in [3.63, 3.8) is 0 Å². The fourth-order valence-electron chi connectivity index (χ4n) is 1.85. The average molecular weight is 323 g/mol. The molecule has 0 aliphatic rings. The van der Waals surface area contributed by atoms with Crippen molar-refractivity contribution in [1.82, 2.24) is 12.6 Å². The van der Waals surface area contributed by atoms with Crippen LogP contribution in [0, 0.1) is 0 Å². The first-order chi connectivity index (χ1) is 7.74. The molecular weight excluding hydrogens is 313 g/mol. The van der Waals surface area contributed by atoms with Gasteiger partial charge in [-0.3, -0.25) is 7.46 Å². The molecule has 0 spiro atoms. The van der Waals surface area contributed by atoms with Gasteiger partial charge < -0.3 is 0 Å². The molecule has 80 valence electrons. The van der Waals surface area contributed by atoms with Crippen LogP contribution in [-0.2, 0) is 7.05 Å². The van der Waals surface area contributed by atoms with Gasteiger partial charge in [0.1, 0.15) is 0 Å². The summed E-state index contributed by atoms with van der Waals surface area (Å²) in [5.74, 6) is 0. The Bertz CT molecular complexity index is 651. The zero-order valence-electron chi connectivity index (χ0n) is 8.76. The minimum Gasteiger partial charge on any atom is -0.290 e. The Morgan fingerprint density at radius 3 is 2.81 bits per heavy atom. The quantitative estimate of drug-likeness (QED) is 0.631. The van der Waals surface area contributed by atoms with Crippen LogP contribution >= 0.6 is 22.9 Å². The lowest BCUT2D eigenvalue weighted by Gasteiger charge is -1.99. The first-order valence-corrected chi connectivity index (χ1v) is 5.97. The molecule has 3 nitrogen and oxygen atoms in total. The Balaban J connectivity index is 2.21. The fourth-order valence-corrected chi connectivity index (χ4v) is 2.42. The van der Waals surface area contributed by atoms with Gasteiger partial charge >= 0.3 is 0 Å². The summed E-state index contributed by atoms with van der Waals surface area (Å²) in [5, 5.41) is 5.46. The molecule has 0 saturated heterocycles. The normalized spacial score (nSPS) is 11.1. The molecule has 0 aliphatic heterocycles. The summed E-state index contributed by atoms with van der Waals surface area (Å²) in [6.45, 7) is 0. The zero-order chi connectivity index (χ0) is 11.1. The van der Waals surface area contributed by atoms with Gasteiger partial charge in [0.05, 0.1) is 34.6 Å². The first-order valence-electron chi connectivity index (χ1n) is 5.00. The van der Waals surface area contributed by atoms with Crippen LogP contribution in [0.3, 0.4) is 0 Å². The number of hydrogen-bond donors (Lipinski definition) is 0. The summed E-state index contributed by atoms with van der Waals surface area (Å²) < 4.78 is 3.93. The number of hydrogen-bond acceptors (Lipinski definition) is 1. The van der Waals surface area contributed by atoms with E-state index in [0.29, 0.717) is 0 Å². The molecule has 0 fully saturated rings. The summed E-state index contributed by atoms with van der Waals surface area (Å²) in [7, 11) is 1.93. The Morgan fingerprint density at radius 1 is 1.19 bits per heavy atom. The van der Waals surface area contributed by atoms with Gasteiger partial charge in [-0.2, -0.15) is 5.10 Å². The molecule has 0 saturated carbocycles. The van der Waals surface area contributed by atoms with E-state index in [4.69, 9.17) is 0 Å². The van der Waals surface area contributed by atoms with E-state index in [0.717, 1.165) is 5.56 Å². The van der Waals surface area contributed by atoms with Crippen molar-refractivity contribution in [2.75, 3.05) is 0 Å². The highest BCUT2D eigenvalue weighted by Gasteiger charge is 2.04. The molecular formula is C12H10IN3. The minimum atomic E-state index is 1.15. The van der Waals surface area contributed by atoms with E-state index in [1.165, 1.54) is 16.5 Å². The zero-order valence-corrected chi connectivity index (χ0v) is 10.9. The van der Waals surface area contributed by atoms with E-state index < -0.39 is 0 Å². The maximum atomic E-state index is 4.19. The minimum absolute atomic E-state index is 1.15. The number of aryl methyl sites for hydroxylation is 1. The monoisotopic (exact) mass is 323 g/mol. The molecule has 2 heterocycles. The van der Waals surface area contributed by atoms with Crippen LogP contribution in [0.1, 0.15) is 0 Å². The highest BCUT2D eigenvalue weighted by Crippen LogP contribution is 2.25. The summed E-state index contributed by atoms with van der Waals surface area (Å²) in [5.41, 5.74) is 3.60. The van der Waals surface area contributed by atoms with Gasteiger partial charge in [0.25, 0.3) is 0 Å². The van der Waals surface area contributed by atoms with Crippen LogP contribution in [-0.4, -0.2) is 12.6 Å². The molecule has 0 N–H and O–H groups in total. The number of rotatable bonds is 1. The van der Waals surface area contributed by atoms with E-state index in [9.17, 15) is 0 Å². The summed E-state index contributed by atoms with van der Waals surface area (Å²) in [4.78, 5) is 0. The van der Waals surface area contributed by atoms with Crippen LogP contribution in [0.25, 0.3) is 22.0 Å². The summed E-state index contributed by atoms with van der Waals surface area (Å²) >= 11 is 2.29. The van der Waals surface area contributed by atoms with Crippen LogP contribution in [0.2, 0.25) is 0 Å². The lowest BCUT2D eigenvalue weighted by atomic mass is 10.1. The second kappa shape index (κ2) is 3.62. The maximum Gasteiger partial charge on any atom is 0.0640 e. The number of benzene rings is 1. The van der Waals surface area contributed by atoms with Crippen molar-refractivity contribution < 1.29 is 0 Å². The Labute approximate surface area is 107 Å². The molecule has 3 rings (SSSR count). The van der Waals surface area contributed by atoms with Gasteiger partial charge in [0, 0.05) is 30.4 Å². The van der Waals surface area contributed by atoms with Gasteiger partial charge in [0.15, 0.2) is 0 Å². The Kier molecular flexibility index (Phi) is 2.24. The second-order valence-electron chi connectivity index (χ2n) is 3.80. The van der Waals surface area contributed by atoms with Crippen molar-refractivity contribution in [3.8, 4) is 11.1 Å². The van der Waals surface area contributed by atoms with Gasteiger partial charge in [-0.15, -0.1) is 0 Å². The highest BCUT2D eigenvalue weighted by atomic mass is 127. The van der Waals surface area contributed by atoms with Crippen LogP contribution in [0.4, 0.5) is 0 Å². The Hall–Kier alpha value is -1.30. The smallest absolute Gasteiger partial charge is 0.0640 e. The maximum absolute atomic E-state index is 4.19. The van der Waals surface area contributed by atoms with Gasteiger partial charge in [-0.1, -0.05) is 12.1 Å². The lowest BCUT2D eigenvalue weighted by Crippen LogP contribution is -1.84. The second-order valence-corrected chi connectivity index (χ2v) is 4.84. The van der Waals surface area contributed by atoms with Crippen LogP contribution in [0.15, 0.2) is 42.9 Å². The number of aromatic nitrogens is 3. The third-order valence-electron chi connectivity index (χ3n) is 2.68. The summed E-state index contributed by atoms with van der Waals surface area (Å²) in [6, 6.07) is 8.59. The molecule has 3 aromatic rings. The first kappa shape index (κ1) is 9.89. The molecule has 0 unspecified atom stereocenters. The standard InChI is InChI=1S/C12H10IN3/c1-15-8-11(7-14-15)10-3-2-9-4-5-16(13)12(9)6-10/h2-8H,1H3. The largest absolute Gasteiger partial charge is 0.290 e. The predicted octanol–water partition coefficient (Wildman–Crippen LogP) is 3.24. The van der Waals surface area contributed by atoms with Crippen LogP contribution < -0.4 is 0 Å². The van der Waals surface area contributed by atoms with Crippen LogP contribution in [0.5, 0.6) is 0 Å². The topological polar surface area (TPSA) is 22.8 Å². The van der Waals surface area contributed by atoms with E-state index in [2.05, 4.69) is 61.2 Å². The molecule has 0 atom stereocenters. The molecule has 0 aliphatic carbocycles. The third kappa shape index (κ3) is 1.53. The van der Waals surface area contributed by atoms with Crippen molar-refractivity contribution in [3.05, 3.63) is 42.9 Å². The van der Waals surface area contributed by atoms with Crippen molar-refractivity contribution >= 4 is 33.8 Å². The fraction of sp³-hybridized carbons (Fsp3) is 0.0833. The van der Waals surface area contributed by atoms with Crippen molar-refractivity contribution in [2.45, 2.75) is 0 Å². The molecule has 0 radical (unpaired) electrons. The highest BCUT2D eigenvalue weighted by molar-refractivity contribution is 14.1. The molecule has 16 heavy (non-hydrogen) atoms. The van der Waals surface area contributed by atoms with Gasteiger partial charge in [-0.25, -0.2) is 0 Å². The SMILES string of the molecule is Cn1cc(-c2ccc3ccn(I)c3c2)cn1. The van der Waals surface area contributed by atoms with E-state index >= 15 is 0 Å². The van der Waals surface area contributed by atoms with Crippen molar-refractivity contribution in [1.29, 1.82) is 0 Å². The number of halogens is 1. The van der Waals surface area contributed by atoms with E-state index in [1.54, 1.807) is 0 Å². The van der Waals surface area contributed by atoms with Gasteiger partial charge in [-0.05, 0) is 17.7 Å². The summed E-state index contributed by atoms with van der Waals surface area (Å²) in [6.07, 6.45) is 5.99. The molecule has 2 aromatic heterocycles. The average Bonchev–Trinajstić information content (AvgIpc) is 2.86. The number of nitrogens with zero attached hydrogens (tertiary/aromatic N) is 3. The lowest BCUT2D eigenvalue weighted by molar-refractivity contribution is 0.768. The predicted molar refractivity (Wildman–Crippen MR) is 73.6 cm³/mol. The third-order valence-corrected chi connectivity index (χ3v) is 3.53.